The first-order valence-corrected chi connectivity index (χ1v) is 40.1. The number of phosphoric acid groups is 2. The van der Waals surface area contributed by atoms with Gasteiger partial charge in [0.05, 0.1) is 26.4 Å². The van der Waals surface area contributed by atoms with Gasteiger partial charge in [-0.2, -0.15) is 0 Å². The van der Waals surface area contributed by atoms with Crippen molar-refractivity contribution in [2.24, 2.45) is 11.8 Å². The summed E-state index contributed by atoms with van der Waals surface area (Å²) in [7, 11) is -9.90. The van der Waals surface area contributed by atoms with Gasteiger partial charge in [0.1, 0.15) is 19.3 Å². The van der Waals surface area contributed by atoms with Gasteiger partial charge in [-0.25, -0.2) is 9.13 Å². The summed E-state index contributed by atoms with van der Waals surface area (Å²) in [5, 5.41) is 10.6. The number of phosphoric ester groups is 2. The van der Waals surface area contributed by atoms with E-state index in [0.717, 1.165) is 108 Å². The van der Waals surface area contributed by atoms with Crippen LogP contribution in [0.2, 0.25) is 0 Å². The molecule has 0 amide bonds. The molecular formula is C71H138O17P2. The highest BCUT2D eigenvalue weighted by atomic mass is 31.2. The van der Waals surface area contributed by atoms with E-state index in [4.69, 9.17) is 37.0 Å². The second kappa shape index (κ2) is 63.1. The molecule has 0 saturated heterocycles. The van der Waals surface area contributed by atoms with E-state index in [-0.39, 0.29) is 25.7 Å². The molecule has 0 fully saturated rings. The highest BCUT2D eigenvalue weighted by molar-refractivity contribution is 7.47. The van der Waals surface area contributed by atoms with Crippen molar-refractivity contribution in [2.75, 3.05) is 39.6 Å². The molecule has 0 aromatic carbocycles. The average molecular weight is 1330 g/mol. The van der Waals surface area contributed by atoms with Crippen LogP contribution in [0.15, 0.2) is 0 Å². The minimum Gasteiger partial charge on any atom is -0.462 e. The Labute approximate surface area is 549 Å². The van der Waals surface area contributed by atoms with Gasteiger partial charge in [-0.3, -0.25) is 37.3 Å². The number of carbonyl (C=O) groups is 4. The number of aliphatic hydroxyl groups is 1. The van der Waals surface area contributed by atoms with Crippen LogP contribution < -0.4 is 0 Å². The molecule has 0 spiro atoms. The Bertz CT molecular complexity index is 1760. The summed E-state index contributed by atoms with van der Waals surface area (Å²) in [4.78, 5) is 72.5. The fourth-order valence-corrected chi connectivity index (χ4v) is 12.3. The van der Waals surface area contributed by atoms with Gasteiger partial charge in [-0.15, -0.1) is 0 Å². The quantitative estimate of drug-likeness (QED) is 0.0222. The topological polar surface area (TPSA) is 237 Å². The Morgan fingerprint density at radius 2 is 0.533 bits per heavy atom. The van der Waals surface area contributed by atoms with Gasteiger partial charge in [0.25, 0.3) is 0 Å². The van der Waals surface area contributed by atoms with E-state index in [9.17, 15) is 43.2 Å². The fourth-order valence-electron chi connectivity index (χ4n) is 10.7. The van der Waals surface area contributed by atoms with E-state index in [0.29, 0.717) is 25.7 Å². The van der Waals surface area contributed by atoms with E-state index < -0.39 is 97.5 Å². The molecule has 0 aromatic heterocycles. The lowest BCUT2D eigenvalue weighted by Gasteiger charge is -2.21. The first kappa shape index (κ1) is 88.1. The molecule has 0 aliphatic heterocycles. The Morgan fingerprint density at radius 1 is 0.311 bits per heavy atom. The first-order chi connectivity index (χ1) is 43.4. The van der Waals surface area contributed by atoms with Crippen molar-refractivity contribution in [1.82, 2.24) is 0 Å². The molecule has 0 aliphatic rings. The summed E-state index contributed by atoms with van der Waals surface area (Å²) in [5.74, 6) is -0.598. The number of unbranched alkanes of at least 4 members (excludes halogenated alkanes) is 38. The summed E-state index contributed by atoms with van der Waals surface area (Å²) in [6.07, 6.45) is 48.6. The molecule has 0 radical (unpaired) electrons. The summed E-state index contributed by atoms with van der Waals surface area (Å²) < 4.78 is 68.2. The number of carbonyl (C=O) groups excluding carboxylic acids is 4. The molecule has 0 rings (SSSR count). The molecule has 90 heavy (non-hydrogen) atoms. The van der Waals surface area contributed by atoms with E-state index in [2.05, 4.69) is 41.5 Å². The van der Waals surface area contributed by atoms with Crippen molar-refractivity contribution >= 4 is 39.5 Å². The second-order valence-corrected chi connectivity index (χ2v) is 29.0. The molecular weight excluding hydrogens is 1190 g/mol. The first-order valence-electron chi connectivity index (χ1n) is 37.1. The Morgan fingerprint density at radius 3 is 0.789 bits per heavy atom. The molecule has 4 unspecified atom stereocenters. The zero-order chi connectivity index (χ0) is 66.5. The van der Waals surface area contributed by atoms with Crippen molar-refractivity contribution in [3.8, 4) is 0 Å². The number of aliphatic hydroxyl groups excluding tert-OH is 1. The van der Waals surface area contributed by atoms with Crippen LogP contribution in [-0.4, -0.2) is 96.7 Å². The largest absolute Gasteiger partial charge is 0.472 e. The monoisotopic (exact) mass is 1320 g/mol. The van der Waals surface area contributed by atoms with Gasteiger partial charge >= 0.3 is 39.5 Å². The predicted molar refractivity (Wildman–Crippen MR) is 363 cm³/mol. The second-order valence-electron chi connectivity index (χ2n) is 26.1. The van der Waals surface area contributed by atoms with Gasteiger partial charge in [0, 0.05) is 25.7 Å². The van der Waals surface area contributed by atoms with Gasteiger partial charge in [-0.1, -0.05) is 311 Å². The van der Waals surface area contributed by atoms with E-state index in [1.807, 2.05) is 0 Å². The van der Waals surface area contributed by atoms with Gasteiger partial charge in [0.2, 0.25) is 0 Å². The van der Waals surface area contributed by atoms with Crippen molar-refractivity contribution in [3.05, 3.63) is 0 Å². The van der Waals surface area contributed by atoms with Crippen LogP contribution >= 0.6 is 15.6 Å². The lowest BCUT2D eigenvalue weighted by molar-refractivity contribution is -0.161. The smallest absolute Gasteiger partial charge is 0.462 e. The van der Waals surface area contributed by atoms with Crippen LogP contribution in [0.3, 0.4) is 0 Å². The number of esters is 4. The maximum Gasteiger partial charge on any atom is 0.472 e. The van der Waals surface area contributed by atoms with Gasteiger partial charge in [-0.05, 0) is 37.5 Å². The van der Waals surface area contributed by atoms with Crippen LogP contribution in [0.25, 0.3) is 0 Å². The molecule has 0 saturated carbocycles. The molecule has 0 bridgehead atoms. The number of ether oxygens (including phenoxy) is 4. The molecule has 3 N–H and O–H groups in total. The molecule has 17 nitrogen and oxygen atoms in total. The van der Waals surface area contributed by atoms with Crippen LogP contribution in [0.5, 0.6) is 0 Å². The third kappa shape index (κ3) is 62.2. The fraction of sp³-hybridized carbons (Fsp3) is 0.944. The number of hydrogen-bond acceptors (Lipinski definition) is 15. The van der Waals surface area contributed by atoms with Crippen LogP contribution in [-0.2, 0) is 65.4 Å². The normalized spacial score (nSPS) is 14.7. The van der Waals surface area contributed by atoms with Crippen LogP contribution in [0.4, 0.5) is 0 Å². The molecule has 0 aromatic rings. The van der Waals surface area contributed by atoms with Crippen LogP contribution in [0, 0.1) is 11.8 Å². The molecule has 534 valence electrons. The highest BCUT2D eigenvalue weighted by Crippen LogP contribution is 2.45. The Hall–Kier alpha value is -1.94. The maximum absolute atomic E-state index is 13.0. The predicted octanol–water partition coefficient (Wildman–Crippen LogP) is 20.4. The van der Waals surface area contributed by atoms with E-state index >= 15 is 0 Å². The van der Waals surface area contributed by atoms with Crippen molar-refractivity contribution in [3.63, 3.8) is 0 Å². The minimum absolute atomic E-state index is 0.103. The number of rotatable bonds is 70. The average Bonchev–Trinajstić information content (AvgIpc) is 3.67. The third-order valence-electron chi connectivity index (χ3n) is 17.2. The maximum atomic E-state index is 13.0. The Balaban J connectivity index is 5.21. The lowest BCUT2D eigenvalue weighted by atomic mass is 9.99. The molecule has 0 aliphatic carbocycles. The van der Waals surface area contributed by atoms with Gasteiger partial charge in [0.15, 0.2) is 12.2 Å². The summed E-state index contributed by atoms with van der Waals surface area (Å²) in [6, 6.07) is 0. The molecule has 0 heterocycles. The summed E-state index contributed by atoms with van der Waals surface area (Å²) >= 11 is 0. The zero-order valence-electron chi connectivity index (χ0n) is 58.4. The lowest BCUT2D eigenvalue weighted by Crippen LogP contribution is -2.30. The summed E-state index contributed by atoms with van der Waals surface area (Å²) in [6.45, 7) is 9.51. The van der Waals surface area contributed by atoms with Crippen molar-refractivity contribution < 1.29 is 80.2 Å². The van der Waals surface area contributed by atoms with Gasteiger partial charge < -0.3 is 33.8 Å². The van der Waals surface area contributed by atoms with E-state index in [1.54, 1.807) is 0 Å². The standard InChI is InChI=1S/C71H138O17P2/c1-7-11-13-15-17-19-20-21-22-23-24-25-26-27-32-36-43-49-55-70(75)87-66(59-82-69(74)54-48-42-35-31-29-28-30-33-39-45-51-63(5)9-3)61-85-89(77,78)83-57-65(72)58-84-90(79,80)86-62-67(60-81-68(73)53-47-41-34-18-16-14-12-8-2)88-71(76)56-50-44-38-37-40-46-52-64(6)10-4/h63-67,72H,7-62H2,1-6H3,(H,77,78)(H,79,80)/t63?,64?,65-,66-,67-/m1/s1. The van der Waals surface area contributed by atoms with Crippen molar-refractivity contribution in [1.29, 1.82) is 0 Å². The number of hydrogen-bond donors (Lipinski definition) is 3. The zero-order valence-corrected chi connectivity index (χ0v) is 60.2. The SMILES string of the molecule is CCCCCCCCCCCCCCCCCCCCC(=O)O[C@H](COC(=O)CCCCCCCCCCCCC(C)CC)COP(=O)(O)OC[C@@H](O)COP(=O)(O)OC[C@@H](COC(=O)CCCCCCCCCC)OC(=O)CCCCCCCCC(C)CC. The Kier molecular flexibility index (Phi) is 61.8. The van der Waals surface area contributed by atoms with E-state index in [1.165, 1.54) is 173 Å². The minimum atomic E-state index is -4.95. The third-order valence-corrected chi connectivity index (χ3v) is 19.1. The van der Waals surface area contributed by atoms with Crippen LogP contribution in [0.1, 0.15) is 363 Å². The molecule has 19 heteroatoms. The highest BCUT2D eigenvalue weighted by Gasteiger charge is 2.30. The molecule has 7 atom stereocenters. The summed E-state index contributed by atoms with van der Waals surface area (Å²) in [5.41, 5.74) is 0. The van der Waals surface area contributed by atoms with Crippen molar-refractivity contribution in [2.45, 2.75) is 381 Å².